The minimum absolute atomic E-state index is 0.102. The monoisotopic (exact) mass is 505 g/mol. The van der Waals surface area contributed by atoms with Crippen LogP contribution in [0.2, 0.25) is 0 Å². The number of thioether (sulfide) groups is 1. The Bertz CT molecular complexity index is 969. The molecule has 0 saturated heterocycles. The zero-order valence-corrected chi connectivity index (χ0v) is 21.7. The lowest BCUT2D eigenvalue weighted by Crippen LogP contribution is -2.65. The van der Waals surface area contributed by atoms with Crippen LogP contribution in [0.25, 0.3) is 0 Å². The van der Waals surface area contributed by atoms with Gasteiger partial charge in [0.15, 0.2) is 5.76 Å². The Morgan fingerprint density at radius 3 is 2.57 bits per heavy atom. The molecule has 0 aliphatic heterocycles. The number of amides is 2. The molecule has 3 rings (SSSR count). The molecule has 1 N–H and O–H groups in total. The number of carbonyl (C=O) groups is 3. The summed E-state index contributed by atoms with van der Waals surface area (Å²) >= 11 is 1.38. The molecule has 10 nitrogen and oxygen atoms in total. The predicted molar refractivity (Wildman–Crippen MR) is 131 cm³/mol. The van der Waals surface area contributed by atoms with Crippen molar-refractivity contribution in [2.45, 2.75) is 69.3 Å². The summed E-state index contributed by atoms with van der Waals surface area (Å²) in [5.74, 6) is 0.0270. The van der Waals surface area contributed by atoms with E-state index in [9.17, 15) is 14.4 Å². The Labute approximate surface area is 210 Å². The largest absolute Gasteiger partial charge is 0.459 e. The first-order valence-electron chi connectivity index (χ1n) is 12.0. The number of hydrogen-bond donors (Lipinski definition) is 1. The van der Waals surface area contributed by atoms with Crippen molar-refractivity contribution in [1.82, 2.24) is 25.3 Å². The van der Waals surface area contributed by atoms with Gasteiger partial charge in [-0.05, 0) is 64.3 Å². The first kappa shape index (κ1) is 26.9. The number of rotatable bonds is 13. The highest BCUT2D eigenvalue weighted by molar-refractivity contribution is 7.99. The van der Waals surface area contributed by atoms with Gasteiger partial charge in [-0.25, -0.2) is 0 Å². The summed E-state index contributed by atoms with van der Waals surface area (Å²) in [6.07, 6.45) is 6.19. The van der Waals surface area contributed by atoms with E-state index in [-0.39, 0.29) is 17.6 Å². The molecule has 2 aromatic heterocycles. The van der Waals surface area contributed by atoms with Crippen LogP contribution in [0.1, 0.15) is 73.6 Å². The molecule has 192 valence electrons. The fourth-order valence-corrected chi connectivity index (χ4v) is 5.22. The molecular weight excluding hydrogens is 470 g/mol. The van der Waals surface area contributed by atoms with Crippen molar-refractivity contribution in [2.75, 3.05) is 26.4 Å². The van der Waals surface area contributed by atoms with Crippen LogP contribution >= 0.6 is 11.8 Å². The summed E-state index contributed by atoms with van der Waals surface area (Å²) in [5, 5.41) is 11.3. The average Bonchev–Trinajstić information content (AvgIpc) is 3.51. The lowest BCUT2D eigenvalue weighted by atomic mass is 9.85. The highest BCUT2D eigenvalue weighted by Crippen LogP contribution is 2.35. The maximum Gasteiger partial charge on any atom is 0.288 e. The van der Waals surface area contributed by atoms with E-state index in [1.54, 1.807) is 12.1 Å². The fourth-order valence-electron chi connectivity index (χ4n) is 4.36. The summed E-state index contributed by atoms with van der Waals surface area (Å²) in [7, 11) is 3.94. The molecule has 1 aliphatic carbocycles. The Balaban J connectivity index is 1.88. The number of nitrogens with one attached hydrogen (secondary N) is 1. The maximum atomic E-state index is 13.6. The van der Waals surface area contributed by atoms with Gasteiger partial charge in [0.2, 0.25) is 12.2 Å². The number of carbonyl (C=O) groups excluding carboxylic acids is 3. The average molecular weight is 506 g/mol. The first-order chi connectivity index (χ1) is 16.8. The number of Topliss-reactive ketones (excluding diaryl/α,β-unsaturated/α-hetero) is 1. The van der Waals surface area contributed by atoms with Crippen LogP contribution in [0.15, 0.2) is 32.5 Å². The summed E-state index contributed by atoms with van der Waals surface area (Å²) < 4.78 is 10.9. The molecule has 11 heteroatoms. The predicted octanol–water partition coefficient (Wildman–Crippen LogP) is 3.46. The van der Waals surface area contributed by atoms with Gasteiger partial charge in [-0.15, -0.1) is 10.2 Å². The van der Waals surface area contributed by atoms with Crippen molar-refractivity contribution in [3.63, 3.8) is 0 Å². The van der Waals surface area contributed by atoms with E-state index >= 15 is 0 Å². The van der Waals surface area contributed by atoms with Crippen LogP contribution in [0, 0.1) is 5.92 Å². The quantitative estimate of drug-likeness (QED) is 0.189. The Kier molecular flexibility index (Phi) is 9.50. The molecule has 0 radical (unpaired) electrons. The molecular formula is C24H35N5O5S. The third-order valence-electron chi connectivity index (χ3n) is 6.09. The van der Waals surface area contributed by atoms with E-state index < -0.39 is 23.4 Å². The number of nitrogens with zero attached hydrogens (tertiary/aromatic N) is 4. The van der Waals surface area contributed by atoms with Crippen LogP contribution in [0.4, 0.5) is 0 Å². The third kappa shape index (κ3) is 6.94. The van der Waals surface area contributed by atoms with Crippen LogP contribution in [0.5, 0.6) is 0 Å². The van der Waals surface area contributed by atoms with Gasteiger partial charge < -0.3 is 24.0 Å². The highest BCUT2D eigenvalue weighted by atomic mass is 32.2. The van der Waals surface area contributed by atoms with Gasteiger partial charge in [-0.3, -0.25) is 14.4 Å². The second-order valence-electron chi connectivity index (χ2n) is 9.57. The molecule has 0 spiro atoms. The van der Waals surface area contributed by atoms with Crippen molar-refractivity contribution in [3.8, 4) is 0 Å². The Morgan fingerprint density at radius 1 is 1.23 bits per heavy atom. The normalized spacial score (nSPS) is 16.3. The molecule has 0 bridgehead atoms. The summed E-state index contributed by atoms with van der Waals surface area (Å²) in [6.45, 7) is 4.78. The number of ketones is 1. The standard InChI is InChI=1S/C24H35N5O5S/c1-17(2)15-18(20(31)22-26-27-23(34-22)35-14-12-28(3)4)29(16-30)24(10-6-5-7-11-24)25-21(32)19-9-8-13-33-19/h8-9,13,16-18H,5-7,10-12,14-15H2,1-4H3,(H,25,32). The molecule has 1 unspecified atom stereocenters. The van der Waals surface area contributed by atoms with E-state index in [1.165, 1.54) is 22.9 Å². The van der Waals surface area contributed by atoms with Crippen molar-refractivity contribution in [1.29, 1.82) is 0 Å². The number of hydrogen-bond acceptors (Lipinski definition) is 9. The number of aromatic nitrogens is 2. The second kappa shape index (κ2) is 12.3. The van der Waals surface area contributed by atoms with E-state index in [0.29, 0.717) is 30.9 Å². The van der Waals surface area contributed by atoms with Gasteiger partial charge in [0.1, 0.15) is 11.7 Å². The van der Waals surface area contributed by atoms with Gasteiger partial charge >= 0.3 is 0 Å². The lowest BCUT2D eigenvalue weighted by Gasteiger charge is -2.47. The van der Waals surface area contributed by atoms with Gasteiger partial charge in [-0.2, -0.15) is 0 Å². The summed E-state index contributed by atoms with van der Waals surface area (Å²) in [6, 6.07) is 2.35. The topological polar surface area (TPSA) is 122 Å². The van der Waals surface area contributed by atoms with Crippen LogP contribution in [-0.2, 0) is 4.79 Å². The van der Waals surface area contributed by atoms with Gasteiger partial charge in [0, 0.05) is 12.3 Å². The molecule has 0 aromatic carbocycles. The summed E-state index contributed by atoms with van der Waals surface area (Å²) in [4.78, 5) is 42.7. The minimum atomic E-state index is -1.01. The molecule has 35 heavy (non-hydrogen) atoms. The molecule has 2 amide bonds. The molecule has 2 heterocycles. The lowest BCUT2D eigenvalue weighted by molar-refractivity contribution is -0.129. The molecule has 1 atom stereocenters. The number of furan rings is 1. The SMILES string of the molecule is CC(C)CC(C(=O)c1nnc(SCCN(C)C)o1)N(C=O)C1(NC(=O)c2ccco2)CCCCC1. The second-order valence-corrected chi connectivity index (χ2v) is 10.6. The third-order valence-corrected chi connectivity index (χ3v) is 6.89. The van der Waals surface area contributed by atoms with Crippen molar-refractivity contribution in [2.24, 2.45) is 5.92 Å². The van der Waals surface area contributed by atoms with E-state index in [2.05, 4.69) is 15.5 Å². The Hall–Kier alpha value is -2.66. The molecule has 1 fully saturated rings. The van der Waals surface area contributed by atoms with Gasteiger partial charge in [-0.1, -0.05) is 32.0 Å². The molecule has 1 saturated carbocycles. The van der Waals surface area contributed by atoms with Crippen LogP contribution < -0.4 is 5.32 Å². The zero-order valence-electron chi connectivity index (χ0n) is 20.9. The summed E-state index contributed by atoms with van der Waals surface area (Å²) in [5.41, 5.74) is -1.01. The highest BCUT2D eigenvalue weighted by Gasteiger charge is 2.45. The fraction of sp³-hybridized carbons (Fsp3) is 0.625. The van der Waals surface area contributed by atoms with Crippen molar-refractivity contribution < 1.29 is 23.2 Å². The van der Waals surface area contributed by atoms with Gasteiger partial charge in [0.25, 0.3) is 17.0 Å². The van der Waals surface area contributed by atoms with Crippen LogP contribution in [0.3, 0.4) is 0 Å². The van der Waals surface area contributed by atoms with E-state index in [4.69, 9.17) is 8.83 Å². The van der Waals surface area contributed by atoms with E-state index in [1.807, 2.05) is 32.8 Å². The Morgan fingerprint density at radius 2 is 1.97 bits per heavy atom. The first-order valence-corrected chi connectivity index (χ1v) is 13.0. The smallest absolute Gasteiger partial charge is 0.288 e. The van der Waals surface area contributed by atoms with Crippen LogP contribution in [-0.4, -0.2) is 76.2 Å². The maximum absolute atomic E-state index is 13.6. The van der Waals surface area contributed by atoms with Gasteiger partial charge in [0.05, 0.1) is 6.26 Å². The molecule has 1 aliphatic rings. The van der Waals surface area contributed by atoms with E-state index in [0.717, 1.165) is 31.6 Å². The molecule has 2 aromatic rings. The zero-order chi connectivity index (χ0) is 25.4. The minimum Gasteiger partial charge on any atom is -0.459 e. The van der Waals surface area contributed by atoms with Crippen molar-refractivity contribution >= 4 is 29.9 Å². The van der Waals surface area contributed by atoms with Crippen molar-refractivity contribution in [3.05, 3.63) is 30.0 Å².